The van der Waals surface area contributed by atoms with E-state index in [4.69, 9.17) is 0 Å². The lowest BCUT2D eigenvalue weighted by molar-refractivity contribution is -0.125. The lowest BCUT2D eigenvalue weighted by Gasteiger charge is -2.35. The maximum atomic E-state index is 14.8. The summed E-state index contributed by atoms with van der Waals surface area (Å²) in [5.41, 5.74) is 1.09. The molecule has 0 radical (unpaired) electrons. The zero-order valence-corrected chi connectivity index (χ0v) is 15.8. The van der Waals surface area contributed by atoms with E-state index in [-0.39, 0.29) is 11.1 Å². The number of amides is 3. The highest BCUT2D eigenvalue weighted by Crippen LogP contribution is 2.33. The second-order valence-corrected chi connectivity index (χ2v) is 7.40. The SMILES string of the molecule is C=C1CCC(N2C(=O)c3cc(F)c(N4CCN(CC)CC4)cc3C2=O)C(=O)N1. The van der Waals surface area contributed by atoms with Gasteiger partial charge >= 0.3 is 0 Å². The highest BCUT2D eigenvalue weighted by molar-refractivity contribution is 6.23. The van der Waals surface area contributed by atoms with E-state index in [9.17, 15) is 18.8 Å². The average molecular weight is 386 g/mol. The molecular weight excluding hydrogens is 363 g/mol. The number of carbonyl (C=O) groups excluding carboxylic acids is 3. The van der Waals surface area contributed by atoms with Gasteiger partial charge in [-0.2, -0.15) is 0 Å². The molecule has 2 fully saturated rings. The number of nitrogens with one attached hydrogen (secondary N) is 1. The fraction of sp³-hybridized carbons (Fsp3) is 0.450. The molecule has 1 unspecified atom stereocenters. The van der Waals surface area contributed by atoms with Gasteiger partial charge < -0.3 is 15.1 Å². The fourth-order valence-electron chi connectivity index (χ4n) is 4.11. The monoisotopic (exact) mass is 386 g/mol. The molecule has 1 aromatic carbocycles. The zero-order chi connectivity index (χ0) is 20.0. The summed E-state index contributed by atoms with van der Waals surface area (Å²) in [4.78, 5) is 43.1. The second-order valence-electron chi connectivity index (χ2n) is 7.40. The summed E-state index contributed by atoms with van der Waals surface area (Å²) in [5.74, 6) is -2.11. The minimum Gasteiger partial charge on any atom is -0.367 e. The topological polar surface area (TPSA) is 73.0 Å². The summed E-state index contributed by atoms with van der Waals surface area (Å²) in [6, 6.07) is 1.71. The summed E-state index contributed by atoms with van der Waals surface area (Å²) in [7, 11) is 0. The van der Waals surface area contributed by atoms with Crippen molar-refractivity contribution in [1.29, 1.82) is 0 Å². The van der Waals surface area contributed by atoms with Crippen LogP contribution in [0.15, 0.2) is 24.4 Å². The van der Waals surface area contributed by atoms with E-state index in [1.165, 1.54) is 6.07 Å². The molecule has 7 nitrogen and oxygen atoms in total. The molecule has 0 bridgehead atoms. The van der Waals surface area contributed by atoms with Gasteiger partial charge in [-0.15, -0.1) is 0 Å². The number of halogens is 1. The van der Waals surface area contributed by atoms with Crippen molar-refractivity contribution >= 4 is 23.4 Å². The molecule has 3 aliphatic rings. The van der Waals surface area contributed by atoms with Crippen LogP contribution in [0.4, 0.5) is 10.1 Å². The third-order valence-electron chi connectivity index (χ3n) is 5.78. The molecule has 8 heteroatoms. The molecule has 3 amide bonds. The van der Waals surface area contributed by atoms with Gasteiger partial charge in [-0.3, -0.25) is 19.3 Å². The van der Waals surface area contributed by atoms with Gasteiger partial charge in [-0.05, 0) is 31.5 Å². The van der Waals surface area contributed by atoms with E-state index < -0.39 is 29.6 Å². The molecule has 3 heterocycles. The fourth-order valence-corrected chi connectivity index (χ4v) is 4.11. The number of imide groups is 1. The summed E-state index contributed by atoms with van der Waals surface area (Å²) < 4.78 is 14.8. The molecule has 1 atom stereocenters. The Morgan fingerprint density at radius 3 is 2.36 bits per heavy atom. The van der Waals surface area contributed by atoms with Gasteiger partial charge in [0.15, 0.2) is 0 Å². The molecule has 3 aliphatic heterocycles. The minimum atomic E-state index is -0.891. The van der Waals surface area contributed by atoms with Crippen molar-refractivity contribution in [3.8, 4) is 0 Å². The Bertz CT molecular complexity index is 876. The smallest absolute Gasteiger partial charge is 0.262 e. The number of likely N-dealkylation sites (N-methyl/N-ethyl adjacent to an activating group) is 1. The van der Waals surface area contributed by atoms with Gasteiger partial charge in [0.05, 0.1) is 16.8 Å². The summed E-state index contributed by atoms with van der Waals surface area (Å²) in [6.07, 6.45) is 0.815. The second kappa shape index (κ2) is 7.01. The van der Waals surface area contributed by atoms with E-state index in [1.807, 2.05) is 4.90 Å². The van der Waals surface area contributed by atoms with Crippen LogP contribution in [0.25, 0.3) is 0 Å². The first kappa shape index (κ1) is 18.6. The van der Waals surface area contributed by atoms with Crippen LogP contribution < -0.4 is 10.2 Å². The first-order valence-electron chi connectivity index (χ1n) is 9.58. The van der Waals surface area contributed by atoms with Crippen molar-refractivity contribution in [3.63, 3.8) is 0 Å². The number of fused-ring (bicyclic) bond motifs is 1. The van der Waals surface area contributed by atoms with Crippen LogP contribution in [0.2, 0.25) is 0 Å². The van der Waals surface area contributed by atoms with E-state index in [0.717, 1.165) is 30.6 Å². The third-order valence-corrected chi connectivity index (χ3v) is 5.78. The van der Waals surface area contributed by atoms with E-state index in [2.05, 4.69) is 23.7 Å². The van der Waals surface area contributed by atoms with Crippen LogP contribution in [0.3, 0.4) is 0 Å². The van der Waals surface area contributed by atoms with Crippen LogP contribution >= 0.6 is 0 Å². The molecule has 4 rings (SSSR count). The lowest BCUT2D eigenvalue weighted by Crippen LogP contribution is -2.51. The van der Waals surface area contributed by atoms with E-state index in [0.29, 0.717) is 37.3 Å². The van der Waals surface area contributed by atoms with Crippen molar-refractivity contribution in [2.45, 2.75) is 25.8 Å². The van der Waals surface area contributed by atoms with Gasteiger partial charge in [-0.1, -0.05) is 13.5 Å². The molecule has 28 heavy (non-hydrogen) atoms. The van der Waals surface area contributed by atoms with Crippen LogP contribution in [-0.2, 0) is 4.79 Å². The predicted octanol–water partition coefficient (Wildman–Crippen LogP) is 1.36. The van der Waals surface area contributed by atoms with Gasteiger partial charge in [0, 0.05) is 31.9 Å². The normalized spacial score (nSPS) is 23.3. The lowest BCUT2D eigenvalue weighted by atomic mass is 10.0. The molecular formula is C20H23FN4O3. The molecule has 0 spiro atoms. The highest BCUT2D eigenvalue weighted by atomic mass is 19.1. The summed E-state index contributed by atoms with van der Waals surface area (Å²) in [5, 5.41) is 2.59. The summed E-state index contributed by atoms with van der Waals surface area (Å²) in [6.45, 7) is 9.68. The molecule has 0 aromatic heterocycles. The molecule has 0 saturated carbocycles. The van der Waals surface area contributed by atoms with Gasteiger partial charge in [0.25, 0.3) is 11.8 Å². The number of piperidine rings is 1. The van der Waals surface area contributed by atoms with Gasteiger partial charge in [-0.25, -0.2) is 4.39 Å². The van der Waals surface area contributed by atoms with Crippen molar-refractivity contribution < 1.29 is 18.8 Å². The van der Waals surface area contributed by atoms with Crippen molar-refractivity contribution in [1.82, 2.24) is 15.1 Å². The number of nitrogens with zero attached hydrogens (tertiary/aromatic N) is 3. The number of piperazine rings is 1. The Kier molecular flexibility index (Phi) is 4.66. The predicted molar refractivity (Wildman–Crippen MR) is 102 cm³/mol. The maximum absolute atomic E-state index is 14.8. The first-order valence-corrected chi connectivity index (χ1v) is 9.58. The third kappa shape index (κ3) is 2.97. The molecule has 2 saturated heterocycles. The highest BCUT2D eigenvalue weighted by Gasteiger charge is 2.44. The molecule has 1 N–H and O–H groups in total. The van der Waals surface area contributed by atoms with Gasteiger partial charge in [0.1, 0.15) is 11.9 Å². The average Bonchev–Trinajstić information content (AvgIpc) is 2.91. The van der Waals surface area contributed by atoms with Crippen molar-refractivity contribution in [2.75, 3.05) is 37.6 Å². The Balaban J connectivity index is 1.62. The van der Waals surface area contributed by atoms with Crippen LogP contribution in [0, 0.1) is 5.82 Å². The van der Waals surface area contributed by atoms with Crippen molar-refractivity contribution in [2.24, 2.45) is 0 Å². The minimum absolute atomic E-state index is 0.0237. The Hall–Kier alpha value is -2.74. The van der Waals surface area contributed by atoms with Crippen LogP contribution in [-0.4, -0.2) is 66.3 Å². The standard InChI is InChI=1S/C20H23FN4O3/c1-3-23-6-8-24(9-7-23)17-11-14-13(10-15(17)21)19(27)25(20(14)28)16-5-4-12(2)22-18(16)26/h10-11,16H,2-9H2,1H3,(H,22,26). The number of allylic oxidation sites excluding steroid dienone is 1. The molecule has 148 valence electrons. The number of hydrogen-bond acceptors (Lipinski definition) is 5. The molecule has 1 aromatic rings. The molecule has 0 aliphatic carbocycles. The number of anilines is 1. The summed E-state index contributed by atoms with van der Waals surface area (Å²) >= 11 is 0. The number of benzene rings is 1. The van der Waals surface area contributed by atoms with Crippen LogP contribution in [0.1, 0.15) is 40.5 Å². The van der Waals surface area contributed by atoms with Gasteiger partial charge in [0.2, 0.25) is 5.91 Å². The number of hydrogen-bond donors (Lipinski definition) is 1. The number of rotatable bonds is 3. The Labute approximate surface area is 162 Å². The number of carbonyl (C=O) groups is 3. The van der Waals surface area contributed by atoms with Crippen LogP contribution in [0.5, 0.6) is 0 Å². The first-order chi connectivity index (χ1) is 13.4. The van der Waals surface area contributed by atoms with E-state index >= 15 is 0 Å². The van der Waals surface area contributed by atoms with E-state index in [1.54, 1.807) is 0 Å². The Morgan fingerprint density at radius 1 is 1.11 bits per heavy atom. The Morgan fingerprint density at radius 2 is 1.75 bits per heavy atom. The maximum Gasteiger partial charge on any atom is 0.262 e. The zero-order valence-electron chi connectivity index (χ0n) is 15.8. The van der Waals surface area contributed by atoms with Crippen molar-refractivity contribution in [3.05, 3.63) is 41.4 Å². The largest absolute Gasteiger partial charge is 0.367 e. The quantitative estimate of drug-likeness (QED) is 0.794.